The quantitative estimate of drug-likeness (QED) is 0.353. The van der Waals surface area contributed by atoms with Gasteiger partial charge in [0.2, 0.25) is 5.91 Å². The van der Waals surface area contributed by atoms with E-state index in [-0.39, 0.29) is 11.4 Å². The van der Waals surface area contributed by atoms with Gasteiger partial charge in [-0.25, -0.2) is 0 Å². The van der Waals surface area contributed by atoms with Crippen molar-refractivity contribution < 1.29 is 18.0 Å². The van der Waals surface area contributed by atoms with Gasteiger partial charge in [-0.05, 0) is 37.3 Å². The van der Waals surface area contributed by atoms with Gasteiger partial charge in [-0.2, -0.15) is 13.2 Å². The Balaban J connectivity index is 1.55. The largest absolute Gasteiger partial charge is 0.416 e. The second-order valence-corrected chi connectivity index (χ2v) is 8.20. The van der Waals surface area contributed by atoms with E-state index >= 15 is 0 Å². The van der Waals surface area contributed by atoms with Gasteiger partial charge in [-0.1, -0.05) is 65.9 Å². The molecule has 4 aromatic rings. The molecule has 0 unspecified atom stereocenters. The lowest BCUT2D eigenvalue weighted by Crippen LogP contribution is -2.15. The lowest BCUT2D eigenvalue weighted by Gasteiger charge is -2.11. The number of carbonyl (C=O) groups excluding carboxylic acids is 1. The van der Waals surface area contributed by atoms with E-state index in [4.69, 9.17) is 0 Å². The highest BCUT2D eigenvalue weighted by atomic mass is 32.2. The van der Waals surface area contributed by atoms with Crippen LogP contribution in [-0.4, -0.2) is 26.4 Å². The molecule has 0 aliphatic carbocycles. The summed E-state index contributed by atoms with van der Waals surface area (Å²) in [6, 6.07) is 21.9. The third kappa shape index (κ3) is 5.43. The van der Waals surface area contributed by atoms with Crippen LogP contribution in [0.4, 0.5) is 18.9 Å². The van der Waals surface area contributed by atoms with Gasteiger partial charge in [0.05, 0.1) is 11.3 Å². The number of amides is 1. The number of hydrogen-bond acceptors (Lipinski definition) is 4. The summed E-state index contributed by atoms with van der Waals surface area (Å²) in [5.41, 5.74) is 2.08. The van der Waals surface area contributed by atoms with Crippen molar-refractivity contribution in [1.29, 1.82) is 0 Å². The number of rotatable bonds is 6. The molecule has 168 valence electrons. The smallest absolute Gasteiger partial charge is 0.325 e. The van der Waals surface area contributed by atoms with E-state index in [9.17, 15) is 18.0 Å². The van der Waals surface area contributed by atoms with Crippen molar-refractivity contribution >= 4 is 23.4 Å². The fraction of sp³-hybridized carbons (Fsp3) is 0.125. The average molecular weight is 469 g/mol. The molecule has 33 heavy (non-hydrogen) atoms. The second kappa shape index (κ2) is 9.50. The molecule has 0 radical (unpaired) electrons. The van der Waals surface area contributed by atoms with E-state index in [2.05, 4.69) is 15.5 Å². The number of benzene rings is 3. The van der Waals surface area contributed by atoms with Gasteiger partial charge in [0, 0.05) is 16.9 Å². The Morgan fingerprint density at radius 3 is 2.39 bits per heavy atom. The van der Waals surface area contributed by atoms with Crippen LogP contribution >= 0.6 is 11.8 Å². The first-order chi connectivity index (χ1) is 15.8. The maximum absolute atomic E-state index is 12.9. The number of carbonyl (C=O) groups is 1. The molecule has 0 aliphatic heterocycles. The zero-order valence-electron chi connectivity index (χ0n) is 17.5. The Morgan fingerprint density at radius 2 is 1.70 bits per heavy atom. The Labute approximate surface area is 192 Å². The number of halogens is 3. The molecule has 5 nitrogen and oxygen atoms in total. The van der Waals surface area contributed by atoms with Crippen molar-refractivity contribution in [2.24, 2.45) is 0 Å². The predicted octanol–water partition coefficient (Wildman–Crippen LogP) is 5.99. The van der Waals surface area contributed by atoms with Crippen molar-refractivity contribution in [2.45, 2.75) is 18.3 Å². The van der Waals surface area contributed by atoms with Crippen LogP contribution in [0.15, 0.2) is 84.0 Å². The molecule has 9 heteroatoms. The Kier molecular flexibility index (Phi) is 6.50. The number of nitrogens with zero attached hydrogens (tertiary/aromatic N) is 3. The maximum atomic E-state index is 12.9. The van der Waals surface area contributed by atoms with Crippen molar-refractivity contribution in [3.05, 3.63) is 90.0 Å². The number of anilines is 1. The van der Waals surface area contributed by atoms with Gasteiger partial charge in [-0.3, -0.25) is 9.36 Å². The van der Waals surface area contributed by atoms with Crippen LogP contribution in [0.3, 0.4) is 0 Å². The molecule has 0 spiro atoms. The molecule has 3 aromatic carbocycles. The highest BCUT2D eigenvalue weighted by molar-refractivity contribution is 7.99. The third-order valence-corrected chi connectivity index (χ3v) is 5.69. The van der Waals surface area contributed by atoms with Gasteiger partial charge in [0.25, 0.3) is 0 Å². The van der Waals surface area contributed by atoms with Crippen LogP contribution in [0, 0.1) is 6.92 Å². The van der Waals surface area contributed by atoms with Gasteiger partial charge in [0.15, 0.2) is 11.0 Å². The Bertz CT molecular complexity index is 1250. The number of thioether (sulfide) groups is 1. The first-order valence-corrected chi connectivity index (χ1v) is 11.0. The van der Waals surface area contributed by atoms with Crippen molar-refractivity contribution in [2.75, 3.05) is 11.1 Å². The van der Waals surface area contributed by atoms with E-state index in [0.29, 0.717) is 11.0 Å². The van der Waals surface area contributed by atoms with Crippen LogP contribution in [0.1, 0.15) is 11.1 Å². The zero-order chi connectivity index (χ0) is 23.4. The van der Waals surface area contributed by atoms with E-state index in [1.54, 1.807) is 0 Å². The van der Waals surface area contributed by atoms with E-state index in [1.165, 1.54) is 12.1 Å². The molecule has 0 bridgehead atoms. The summed E-state index contributed by atoms with van der Waals surface area (Å²) in [5, 5.41) is 11.6. The Morgan fingerprint density at radius 1 is 0.970 bits per heavy atom. The minimum absolute atomic E-state index is 0.0465. The van der Waals surface area contributed by atoms with Crippen molar-refractivity contribution in [3.63, 3.8) is 0 Å². The second-order valence-electron chi connectivity index (χ2n) is 7.26. The number of nitrogens with one attached hydrogen (secondary N) is 1. The fourth-order valence-corrected chi connectivity index (χ4v) is 3.92. The van der Waals surface area contributed by atoms with Crippen molar-refractivity contribution in [3.8, 4) is 17.1 Å². The number of aryl methyl sites for hydroxylation is 1. The maximum Gasteiger partial charge on any atom is 0.416 e. The molecule has 1 aromatic heterocycles. The summed E-state index contributed by atoms with van der Waals surface area (Å²) in [6.07, 6.45) is -4.48. The summed E-state index contributed by atoms with van der Waals surface area (Å²) in [4.78, 5) is 12.4. The Hall–Kier alpha value is -3.59. The summed E-state index contributed by atoms with van der Waals surface area (Å²) in [7, 11) is 0. The lowest BCUT2D eigenvalue weighted by molar-refractivity contribution is -0.137. The standard InChI is InChI=1S/C24H19F3N4OS/c1-16-10-12-17(13-11-16)22-29-30-23(31(22)20-8-3-2-4-9-20)33-15-21(32)28-19-7-5-6-18(14-19)24(25,26)27/h2-14H,15H2,1H3,(H,28,32). The fourth-order valence-electron chi connectivity index (χ4n) is 3.16. The first-order valence-electron chi connectivity index (χ1n) is 9.99. The molecular formula is C24H19F3N4OS. The highest BCUT2D eigenvalue weighted by Crippen LogP contribution is 2.31. The lowest BCUT2D eigenvalue weighted by atomic mass is 10.1. The molecular weight excluding hydrogens is 449 g/mol. The van der Waals surface area contributed by atoms with Crippen LogP contribution in [0.25, 0.3) is 17.1 Å². The molecule has 4 rings (SSSR count). The molecule has 0 aliphatic rings. The van der Waals surface area contributed by atoms with Gasteiger partial charge in [-0.15, -0.1) is 10.2 Å². The van der Waals surface area contributed by atoms with Gasteiger partial charge < -0.3 is 5.32 Å². The minimum atomic E-state index is -4.48. The molecule has 0 fully saturated rings. The van der Waals surface area contributed by atoms with Crippen molar-refractivity contribution in [1.82, 2.24) is 14.8 Å². The molecule has 1 amide bonds. The molecule has 0 atom stereocenters. The number of para-hydroxylation sites is 1. The number of hydrogen-bond donors (Lipinski definition) is 1. The number of alkyl halides is 3. The summed E-state index contributed by atoms with van der Waals surface area (Å²) < 4.78 is 40.6. The zero-order valence-corrected chi connectivity index (χ0v) is 18.3. The summed E-state index contributed by atoms with van der Waals surface area (Å²) in [5.74, 6) is 0.135. The topological polar surface area (TPSA) is 59.8 Å². The van der Waals surface area contributed by atoms with Crippen LogP contribution in [0.5, 0.6) is 0 Å². The molecule has 1 N–H and O–H groups in total. The molecule has 0 saturated carbocycles. The highest BCUT2D eigenvalue weighted by Gasteiger charge is 2.30. The summed E-state index contributed by atoms with van der Waals surface area (Å²) >= 11 is 1.15. The summed E-state index contributed by atoms with van der Waals surface area (Å²) in [6.45, 7) is 2.00. The van der Waals surface area contributed by atoms with Gasteiger partial charge >= 0.3 is 6.18 Å². The van der Waals surface area contributed by atoms with E-state index < -0.39 is 17.6 Å². The van der Waals surface area contributed by atoms with Crippen LogP contribution in [-0.2, 0) is 11.0 Å². The SMILES string of the molecule is Cc1ccc(-c2nnc(SCC(=O)Nc3cccc(C(F)(F)F)c3)n2-c2ccccc2)cc1. The molecule has 1 heterocycles. The van der Waals surface area contributed by atoms with Crippen LogP contribution in [0.2, 0.25) is 0 Å². The average Bonchev–Trinajstić information content (AvgIpc) is 3.22. The third-order valence-electron chi connectivity index (χ3n) is 4.76. The monoisotopic (exact) mass is 468 g/mol. The predicted molar refractivity (Wildman–Crippen MR) is 122 cm³/mol. The normalized spacial score (nSPS) is 11.4. The first kappa shape index (κ1) is 22.6. The van der Waals surface area contributed by atoms with Crippen LogP contribution < -0.4 is 5.32 Å². The minimum Gasteiger partial charge on any atom is -0.325 e. The molecule has 0 saturated heterocycles. The van der Waals surface area contributed by atoms with E-state index in [0.717, 1.165) is 40.7 Å². The number of aromatic nitrogens is 3. The van der Waals surface area contributed by atoms with E-state index in [1.807, 2.05) is 66.1 Å². The van der Waals surface area contributed by atoms with Gasteiger partial charge in [0.1, 0.15) is 0 Å².